The lowest BCUT2D eigenvalue weighted by Gasteiger charge is -2.19. The van der Waals surface area contributed by atoms with Gasteiger partial charge in [-0.25, -0.2) is 9.78 Å². The van der Waals surface area contributed by atoms with Gasteiger partial charge in [-0.15, -0.1) is 0 Å². The Kier molecular flexibility index (Phi) is 4.59. The van der Waals surface area contributed by atoms with Crippen LogP contribution in [0.1, 0.15) is 20.8 Å². The fourth-order valence-corrected chi connectivity index (χ4v) is 1.75. The van der Waals surface area contributed by atoms with Crippen molar-refractivity contribution in [1.82, 2.24) is 4.98 Å². The quantitative estimate of drug-likeness (QED) is 0.800. The monoisotopic (exact) mass is 316 g/mol. The number of carbonyl (C=O) groups is 1. The second kappa shape index (κ2) is 6.43. The molecule has 23 heavy (non-hydrogen) atoms. The Bertz CT molecular complexity index is 711. The van der Waals surface area contributed by atoms with E-state index in [-0.39, 0.29) is 11.5 Å². The normalized spacial score (nSPS) is 10.9. The van der Waals surface area contributed by atoms with Crippen molar-refractivity contribution in [3.05, 3.63) is 36.5 Å². The largest absolute Gasteiger partial charge is 0.455 e. The summed E-state index contributed by atoms with van der Waals surface area (Å²) in [4.78, 5) is 15.6. The highest BCUT2D eigenvalue weighted by Crippen LogP contribution is 2.31. The van der Waals surface area contributed by atoms with Crippen LogP contribution in [0, 0.1) is 0 Å². The molecule has 7 nitrogen and oxygen atoms in total. The molecule has 0 spiro atoms. The summed E-state index contributed by atoms with van der Waals surface area (Å²) in [6.45, 7) is 5.38. The third kappa shape index (κ3) is 4.77. The molecule has 7 heteroatoms. The topological polar surface area (TPSA) is 112 Å². The van der Waals surface area contributed by atoms with Crippen molar-refractivity contribution < 1.29 is 14.3 Å². The molecule has 2 rings (SSSR count). The molecule has 0 aliphatic carbocycles. The Morgan fingerprint density at radius 1 is 1.22 bits per heavy atom. The van der Waals surface area contributed by atoms with Crippen molar-refractivity contribution in [3.63, 3.8) is 0 Å². The van der Waals surface area contributed by atoms with E-state index in [1.807, 2.05) is 0 Å². The maximum atomic E-state index is 11.8. The smallest absolute Gasteiger partial charge is 0.412 e. The van der Waals surface area contributed by atoms with E-state index in [1.54, 1.807) is 51.1 Å². The van der Waals surface area contributed by atoms with E-state index in [2.05, 4.69) is 10.3 Å². The number of rotatable bonds is 3. The second-order valence-electron chi connectivity index (χ2n) is 5.86. The van der Waals surface area contributed by atoms with Gasteiger partial charge in [-0.2, -0.15) is 0 Å². The van der Waals surface area contributed by atoms with Gasteiger partial charge in [-0.05, 0) is 32.9 Å². The minimum absolute atomic E-state index is 0.200. The van der Waals surface area contributed by atoms with Crippen LogP contribution in [0.4, 0.5) is 22.0 Å². The van der Waals surface area contributed by atoms with E-state index < -0.39 is 11.7 Å². The number of anilines is 3. The lowest BCUT2D eigenvalue weighted by molar-refractivity contribution is 0.0636. The maximum Gasteiger partial charge on any atom is 0.412 e. The summed E-state index contributed by atoms with van der Waals surface area (Å²) in [5.41, 5.74) is 11.7. The first-order valence-corrected chi connectivity index (χ1v) is 7.02. The maximum absolute atomic E-state index is 11.8. The molecule has 0 bridgehead atoms. The number of nitrogen functional groups attached to an aromatic ring is 2. The Balaban J connectivity index is 2.11. The molecule has 0 atom stereocenters. The third-order valence-corrected chi connectivity index (χ3v) is 2.69. The van der Waals surface area contributed by atoms with E-state index in [1.165, 1.54) is 6.20 Å². The van der Waals surface area contributed by atoms with Crippen LogP contribution in [0.5, 0.6) is 11.5 Å². The first-order valence-electron chi connectivity index (χ1n) is 7.02. The molecule has 0 unspecified atom stereocenters. The molecule has 0 fully saturated rings. The number of nitrogens with zero attached hydrogens (tertiary/aromatic N) is 1. The van der Waals surface area contributed by atoms with Crippen LogP contribution < -0.4 is 21.5 Å². The molecule has 0 saturated heterocycles. The van der Waals surface area contributed by atoms with Crippen LogP contribution in [0.25, 0.3) is 0 Å². The Labute approximate surface area is 134 Å². The molecule has 1 aromatic heterocycles. The van der Waals surface area contributed by atoms with Crippen molar-refractivity contribution in [1.29, 1.82) is 0 Å². The average Bonchev–Trinajstić information content (AvgIpc) is 2.42. The Hall–Kier alpha value is -2.96. The molecule has 0 radical (unpaired) electrons. The Morgan fingerprint density at radius 3 is 2.65 bits per heavy atom. The zero-order chi connectivity index (χ0) is 17.0. The molecule has 1 heterocycles. The number of amides is 1. The van der Waals surface area contributed by atoms with E-state index in [0.717, 1.165) is 0 Å². The summed E-state index contributed by atoms with van der Waals surface area (Å²) in [6.07, 6.45) is 0.964. The lowest BCUT2D eigenvalue weighted by atomic mass is 10.2. The number of carbonyl (C=O) groups excluding carboxylic acids is 1. The highest BCUT2D eigenvalue weighted by molar-refractivity contribution is 5.85. The van der Waals surface area contributed by atoms with Gasteiger partial charge in [0.2, 0.25) is 0 Å². The molecule has 5 N–H and O–H groups in total. The minimum atomic E-state index is -0.568. The second-order valence-corrected chi connectivity index (χ2v) is 5.86. The summed E-state index contributed by atoms with van der Waals surface area (Å²) in [6, 6.07) is 8.46. The number of hydrogen-bond acceptors (Lipinski definition) is 6. The molecule has 1 amide bonds. The molecule has 1 aromatic carbocycles. The number of benzene rings is 1. The summed E-state index contributed by atoms with van der Waals surface area (Å²) < 4.78 is 10.9. The summed E-state index contributed by atoms with van der Waals surface area (Å²) >= 11 is 0. The highest BCUT2D eigenvalue weighted by Gasteiger charge is 2.16. The van der Waals surface area contributed by atoms with Gasteiger partial charge < -0.3 is 20.9 Å². The number of aromatic nitrogens is 1. The van der Waals surface area contributed by atoms with Gasteiger partial charge in [0.05, 0.1) is 0 Å². The summed E-state index contributed by atoms with van der Waals surface area (Å²) in [5, 5.41) is 2.64. The van der Waals surface area contributed by atoms with Crippen LogP contribution in [0.15, 0.2) is 36.5 Å². The van der Waals surface area contributed by atoms with E-state index in [0.29, 0.717) is 17.2 Å². The van der Waals surface area contributed by atoms with Gasteiger partial charge in [0.15, 0.2) is 5.75 Å². The van der Waals surface area contributed by atoms with Crippen molar-refractivity contribution in [2.75, 3.05) is 16.8 Å². The van der Waals surface area contributed by atoms with Crippen LogP contribution >= 0.6 is 0 Å². The fourth-order valence-electron chi connectivity index (χ4n) is 1.75. The van der Waals surface area contributed by atoms with Crippen molar-refractivity contribution in [3.8, 4) is 11.5 Å². The summed E-state index contributed by atoms with van der Waals surface area (Å²) in [7, 11) is 0. The first kappa shape index (κ1) is 16.4. The van der Waals surface area contributed by atoms with Gasteiger partial charge in [0, 0.05) is 24.0 Å². The Morgan fingerprint density at radius 2 is 1.96 bits per heavy atom. The van der Waals surface area contributed by atoms with Gasteiger partial charge in [0.25, 0.3) is 0 Å². The molecule has 0 aliphatic heterocycles. The van der Waals surface area contributed by atoms with Crippen molar-refractivity contribution in [2.45, 2.75) is 26.4 Å². The van der Waals surface area contributed by atoms with Crippen LogP contribution in [-0.4, -0.2) is 16.7 Å². The zero-order valence-electron chi connectivity index (χ0n) is 13.3. The first-order chi connectivity index (χ1) is 10.7. The van der Waals surface area contributed by atoms with Crippen molar-refractivity contribution >= 4 is 23.3 Å². The number of pyridine rings is 1. The van der Waals surface area contributed by atoms with Gasteiger partial charge in [-0.1, -0.05) is 6.07 Å². The predicted octanol–water partition coefficient (Wildman–Crippen LogP) is 3.39. The van der Waals surface area contributed by atoms with Gasteiger partial charge >= 0.3 is 6.09 Å². The number of ether oxygens (including phenoxy) is 2. The standard InChI is InChI=1S/C16H20N4O3/c1-16(2,3)23-15(21)20-10-5-4-6-11(9-10)22-12-7-8-19-14(18)13(12)17/h4-9H,17H2,1-3H3,(H2,18,19)(H,20,21). The minimum Gasteiger partial charge on any atom is -0.455 e. The molecule has 122 valence electrons. The SMILES string of the molecule is CC(C)(C)OC(=O)Nc1cccc(Oc2ccnc(N)c2N)c1. The molecule has 0 aliphatic rings. The fraction of sp³-hybridized carbons (Fsp3) is 0.250. The summed E-state index contributed by atoms with van der Waals surface area (Å²) in [5.74, 6) is 1.09. The third-order valence-electron chi connectivity index (χ3n) is 2.69. The van der Waals surface area contributed by atoms with E-state index in [9.17, 15) is 4.79 Å². The molecular weight excluding hydrogens is 296 g/mol. The number of nitrogens with one attached hydrogen (secondary N) is 1. The number of nitrogens with two attached hydrogens (primary N) is 2. The highest BCUT2D eigenvalue weighted by atomic mass is 16.6. The van der Waals surface area contributed by atoms with Crippen LogP contribution in [-0.2, 0) is 4.74 Å². The van der Waals surface area contributed by atoms with Crippen molar-refractivity contribution in [2.24, 2.45) is 0 Å². The zero-order valence-corrected chi connectivity index (χ0v) is 13.3. The lowest BCUT2D eigenvalue weighted by Crippen LogP contribution is -2.27. The van der Waals surface area contributed by atoms with Gasteiger partial charge in [-0.3, -0.25) is 5.32 Å². The molecule has 0 saturated carbocycles. The molecule has 2 aromatic rings. The van der Waals surface area contributed by atoms with Crippen LogP contribution in [0.3, 0.4) is 0 Å². The van der Waals surface area contributed by atoms with Gasteiger partial charge in [0.1, 0.15) is 22.9 Å². The predicted molar refractivity (Wildman–Crippen MR) is 89.4 cm³/mol. The molecular formula is C16H20N4O3. The van der Waals surface area contributed by atoms with E-state index in [4.69, 9.17) is 20.9 Å². The van der Waals surface area contributed by atoms with Crippen LogP contribution in [0.2, 0.25) is 0 Å². The average molecular weight is 316 g/mol. The number of hydrogen-bond donors (Lipinski definition) is 3. The van der Waals surface area contributed by atoms with E-state index >= 15 is 0 Å².